The van der Waals surface area contributed by atoms with Gasteiger partial charge in [0.15, 0.2) is 0 Å². The highest BCUT2D eigenvalue weighted by molar-refractivity contribution is 5.95. The topological polar surface area (TPSA) is 23.6 Å². The van der Waals surface area contributed by atoms with E-state index >= 15 is 0 Å². The second kappa shape index (κ2) is 11.3. The predicted octanol–water partition coefficient (Wildman–Crippen LogP) is 7.98. The second-order valence-electron chi connectivity index (χ2n) is 9.73. The van der Waals surface area contributed by atoms with Gasteiger partial charge in [0.1, 0.15) is 0 Å². The van der Waals surface area contributed by atoms with Crippen LogP contribution in [0.1, 0.15) is 64.7 Å². The van der Waals surface area contributed by atoms with Crippen molar-refractivity contribution in [3.05, 3.63) is 101 Å². The van der Waals surface area contributed by atoms with Gasteiger partial charge in [0.05, 0.1) is 11.1 Å². The normalized spacial score (nSPS) is 18.2. The van der Waals surface area contributed by atoms with E-state index < -0.39 is 35.0 Å². The molecule has 1 aliphatic rings. The number of likely N-dealkylation sites (tertiary alicyclic amines) is 1. The molecule has 0 unspecified atom stereocenters. The van der Waals surface area contributed by atoms with Gasteiger partial charge in [-0.2, -0.15) is 26.3 Å². The van der Waals surface area contributed by atoms with Gasteiger partial charge in [0.25, 0.3) is 5.91 Å². The number of amides is 1. The van der Waals surface area contributed by atoms with Gasteiger partial charge in [0, 0.05) is 43.3 Å². The first-order valence-electron chi connectivity index (χ1n) is 12.9. The number of hydrogen-bond acceptors (Lipinski definition) is 2. The Bertz CT molecular complexity index is 1250. The molecule has 1 aliphatic heterocycles. The van der Waals surface area contributed by atoms with Crippen molar-refractivity contribution in [1.82, 2.24) is 4.90 Å². The van der Waals surface area contributed by atoms with E-state index in [1.54, 1.807) is 0 Å². The van der Waals surface area contributed by atoms with Crippen LogP contribution in [-0.4, -0.2) is 37.0 Å². The van der Waals surface area contributed by atoms with Gasteiger partial charge in [-0.05, 0) is 67.6 Å². The summed E-state index contributed by atoms with van der Waals surface area (Å²) in [7, 11) is 0. The van der Waals surface area contributed by atoms with E-state index in [2.05, 4.69) is 24.8 Å². The van der Waals surface area contributed by atoms with Crippen LogP contribution in [0.15, 0.2) is 72.8 Å². The Morgan fingerprint density at radius 2 is 1.38 bits per heavy atom. The summed E-state index contributed by atoms with van der Waals surface area (Å²) >= 11 is 0. The zero-order chi connectivity index (χ0) is 28.4. The highest BCUT2D eigenvalue weighted by Crippen LogP contribution is 2.42. The molecule has 3 nitrogen and oxygen atoms in total. The lowest BCUT2D eigenvalue weighted by molar-refractivity contribution is -0.143. The Balaban J connectivity index is 1.69. The first kappa shape index (κ1) is 28.5. The van der Waals surface area contributed by atoms with Gasteiger partial charge >= 0.3 is 12.4 Å². The van der Waals surface area contributed by atoms with Crippen LogP contribution in [-0.2, 0) is 12.4 Å². The fourth-order valence-electron chi connectivity index (χ4n) is 5.38. The number of anilines is 1. The molecular formula is C30H30F6N2O. The second-order valence-corrected chi connectivity index (χ2v) is 9.73. The van der Waals surface area contributed by atoms with Crippen LogP contribution >= 0.6 is 0 Å². The van der Waals surface area contributed by atoms with E-state index in [9.17, 15) is 31.1 Å². The Labute approximate surface area is 224 Å². The molecule has 2 atom stereocenters. The van der Waals surface area contributed by atoms with E-state index in [0.29, 0.717) is 18.6 Å². The van der Waals surface area contributed by atoms with E-state index in [4.69, 9.17) is 0 Å². The lowest BCUT2D eigenvalue weighted by atomic mass is 9.76. The molecule has 0 aromatic heterocycles. The summed E-state index contributed by atoms with van der Waals surface area (Å²) in [5.41, 5.74) is -0.503. The standard InChI is InChI=1S/C30H30F6N2O/c1-3-37(4-2)25-12-8-11-21(17-25)26-13-14-38(19-27(26)20-9-6-5-7-10-20)28(39)22-15-23(29(31,32)33)18-24(16-22)30(34,35)36/h5-12,15-18,26-27H,3-4,13-14,19H2,1-2H3/t26-,27+/m0/s1. The maximum absolute atomic E-state index is 13.4. The van der Waals surface area contributed by atoms with Gasteiger partial charge in [-0.15, -0.1) is 0 Å². The number of alkyl halides is 6. The number of nitrogens with zero attached hydrogens (tertiary/aromatic N) is 2. The fourth-order valence-corrected chi connectivity index (χ4v) is 5.38. The SMILES string of the molecule is CCN(CC)c1cccc([C@@H]2CCN(C(=O)c3cc(C(F)(F)F)cc(C(F)(F)F)c3)C[C@@H]2c2ccccc2)c1. The first-order chi connectivity index (χ1) is 18.4. The summed E-state index contributed by atoms with van der Waals surface area (Å²) in [6, 6.07) is 18.7. The quantitative estimate of drug-likeness (QED) is 0.292. The third-order valence-electron chi connectivity index (χ3n) is 7.39. The average Bonchev–Trinajstić information content (AvgIpc) is 2.92. The van der Waals surface area contributed by atoms with Crippen LogP contribution in [0, 0.1) is 0 Å². The number of carbonyl (C=O) groups is 1. The maximum Gasteiger partial charge on any atom is 0.416 e. The molecule has 0 saturated carbocycles. The minimum atomic E-state index is -5.02. The van der Waals surface area contributed by atoms with Crippen molar-refractivity contribution in [3.63, 3.8) is 0 Å². The number of carbonyl (C=O) groups excluding carboxylic acids is 1. The van der Waals surface area contributed by atoms with Gasteiger partial charge in [0.2, 0.25) is 0 Å². The summed E-state index contributed by atoms with van der Waals surface area (Å²) in [6.07, 6.45) is -9.53. The molecule has 1 heterocycles. The number of benzene rings is 3. The summed E-state index contributed by atoms with van der Waals surface area (Å²) in [6.45, 7) is 6.20. The molecule has 1 saturated heterocycles. The number of halogens is 6. The number of hydrogen-bond donors (Lipinski definition) is 0. The zero-order valence-corrected chi connectivity index (χ0v) is 21.7. The van der Waals surface area contributed by atoms with Crippen LogP contribution in [0.3, 0.4) is 0 Å². The minimum absolute atomic E-state index is 0.0132. The summed E-state index contributed by atoms with van der Waals surface area (Å²) < 4.78 is 80.5. The molecule has 1 amide bonds. The molecule has 0 N–H and O–H groups in total. The third-order valence-corrected chi connectivity index (χ3v) is 7.39. The molecule has 39 heavy (non-hydrogen) atoms. The molecule has 4 rings (SSSR count). The van der Waals surface area contributed by atoms with Crippen LogP contribution in [0.5, 0.6) is 0 Å². The molecule has 3 aromatic carbocycles. The van der Waals surface area contributed by atoms with Crippen molar-refractivity contribution < 1.29 is 31.1 Å². The Hall–Kier alpha value is -3.49. The van der Waals surface area contributed by atoms with Crippen LogP contribution in [0.2, 0.25) is 0 Å². The van der Waals surface area contributed by atoms with Gasteiger partial charge < -0.3 is 9.80 Å². The highest BCUT2D eigenvalue weighted by Gasteiger charge is 2.39. The monoisotopic (exact) mass is 548 g/mol. The molecule has 208 valence electrons. The Morgan fingerprint density at radius 1 is 0.795 bits per heavy atom. The predicted molar refractivity (Wildman–Crippen MR) is 139 cm³/mol. The smallest absolute Gasteiger partial charge is 0.372 e. The molecule has 0 spiro atoms. The van der Waals surface area contributed by atoms with Crippen molar-refractivity contribution >= 4 is 11.6 Å². The van der Waals surface area contributed by atoms with Crippen LogP contribution in [0.25, 0.3) is 0 Å². The van der Waals surface area contributed by atoms with E-state index in [-0.39, 0.29) is 31.0 Å². The largest absolute Gasteiger partial charge is 0.416 e. The number of piperidine rings is 1. The molecule has 1 fully saturated rings. The Morgan fingerprint density at radius 3 is 1.95 bits per heavy atom. The van der Waals surface area contributed by atoms with Crippen molar-refractivity contribution in [2.24, 2.45) is 0 Å². The van der Waals surface area contributed by atoms with Crippen molar-refractivity contribution in [1.29, 1.82) is 0 Å². The maximum atomic E-state index is 13.4. The lowest BCUT2D eigenvalue weighted by Crippen LogP contribution is -2.42. The van der Waals surface area contributed by atoms with E-state index in [1.165, 1.54) is 4.90 Å². The highest BCUT2D eigenvalue weighted by atomic mass is 19.4. The zero-order valence-electron chi connectivity index (χ0n) is 21.7. The van der Waals surface area contributed by atoms with E-state index in [1.807, 2.05) is 48.5 Å². The van der Waals surface area contributed by atoms with Gasteiger partial charge in [-0.3, -0.25) is 4.79 Å². The Kier molecular flexibility index (Phi) is 8.28. The van der Waals surface area contributed by atoms with Gasteiger partial charge in [-0.25, -0.2) is 0 Å². The van der Waals surface area contributed by atoms with Crippen molar-refractivity contribution in [2.45, 2.75) is 44.5 Å². The van der Waals surface area contributed by atoms with E-state index in [0.717, 1.165) is 29.9 Å². The first-order valence-corrected chi connectivity index (χ1v) is 12.9. The summed E-state index contributed by atoms with van der Waals surface area (Å²) in [4.78, 5) is 17.0. The molecular weight excluding hydrogens is 518 g/mol. The summed E-state index contributed by atoms with van der Waals surface area (Å²) in [5, 5.41) is 0. The van der Waals surface area contributed by atoms with Gasteiger partial charge in [-0.1, -0.05) is 42.5 Å². The van der Waals surface area contributed by atoms with Crippen LogP contribution < -0.4 is 4.90 Å². The third kappa shape index (κ3) is 6.40. The van der Waals surface area contributed by atoms with Crippen molar-refractivity contribution in [3.8, 4) is 0 Å². The molecule has 0 bridgehead atoms. The van der Waals surface area contributed by atoms with Crippen LogP contribution in [0.4, 0.5) is 32.0 Å². The molecule has 0 radical (unpaired) electrons. The lowest BCUT2D eigenvalue weighted by Gasteiger charge is -2.39. The molecule has 0 aliphatic carbocycles. The molecule has 3 aromatic rings. The summed E-state index contributed by atoms with van der Waals surface area (Å²) in [5.74, 6) is -1.02. The minimum Gasteiger partial charge on any atom is -0.372 e. The fraction of sp³-hybridized carbons (Fsp3) is 0.367. The molecule has 9 heteroatoms. The average molecular weight is 549 g/mol. The number of rotatable bonds is 6. The van der Waals surface area contributed by atoms with Crippen molar-refractivity contribution in [2.75, 3.05) is 31.1 Å².